The molecule has 0 bridgehead atoms. The fourth-order valence-corrected chi connectivity index (χ4v) is 2.93. The fraction of sp³-hybridized carbons (Fsp3) is 0.105. The molecule has 0 aliphatic rings. The zero-order chi connectivity index (χ0) is 18.7. The van der Waals surface area contributed by atoms with E-state index in [1.807, 2.05) is 18.2 Å². The first-order valence-corrected chi connectivity index (χ1v) is 8.46. The van der Waals surface area contributed by atoms with Gasteiger partial charge in [0, 0.05) is 29.0 Å². The number of halogens is 2. The molecule has 0 aliphatic heterocycles. The van der Waals surface area contributed by atoms with Gasteiger partial charge < -0.3 is 10.1 Å². The van der Waals surface area contributed by atoms with Gasteiger partial charge in [-0.25, -0.2) is 0 Å². The maximum atomic E-state index is 12.1. The van der Waals surface area contributed by atoms with Gasteiger partial charge in [-0.05, 0) is 42.6 Å². The molecule has 0 saturated carbocycles. The fourth-order valence-electron chi connectivity index (χ4n) is 2.42. The molecule has 2 aromatic carbocycles. The molecule has 0 spiro atoms. The summed E-state index contributed by atoms with van der Waals surface area (Å²) >= 11 is 12.2. The van der Waals surface area contributed by atoms with Gasteiger partial charge in [0.2, 0.25) is 0 Å². The van der Waals surface area contributed by atoms with Crippen LogP contribution in [0.3, 0.4) is 0 Å². The van der Waals surface area contributed by atoms with E-state index in [0.717, 1.165) is 10.8 Å². The van der Waals surface area contributed by atoms with Crippen LogP contribution in [0.1, 0.15) is 17.3 Å². The normalized spacial score (nSPS) is 10.6. The number of aromatic nitrogens is 1. The van der Waals surface area contributed by atoms with Crippen LogP contribution in [-0.2, 0) is 4.79 Å². The largest absolute Gasteiger partial charge is 0.482 e. The molecule has 3 rings (SSSR count). The lowest BCUT2D eigenvalue weighted by Gasteiger charge is -2.11. The molecule has 0 fully saturated rings. The number of hydrogen-bond acceptors (Lipinski definition) is 4. The van der Waals surface area contributed by atoms with Crippen LogP contribution in [0.4, 0.5) is 5.69 Å². The second kappa shape index (κ2) is 7.72. The first-order chi connectivity index (χ1) is 12.5. The van der Waals surface area contributed by atoms with Crippen molar-refractivity contribution in [2.45, 2.75) is 6.92 Å². The number of anilines is 1. The summed E-state index contributed by atoms with van der Waals surface area (Å²) in [6.07, 6.45) is 3.44. The Balaban J connectivity index is 1.67. The van der Waals surface area contributed by atoms with Crippen LogP contribution < -0.4 is 10.1 Å². The Hall–Kier alpha value is -2.63. The summed E-state index contributed by atoms with van der Waals surface area (Å²) in [4.78, 5) is 27.6. The maximum Gasteiger partial charge on any atom is 0.262 e. The number of hydrogen-bond donors (Lipinski definition) is 1. The molecule has 0 atom stereocenters. The van der Waals surface area contributed by atoms with Gasteiger partial charge in [-0.2, -0.15) is 0 Å². The lowest BCUT2D eigenvalue weighted by molar-refractivity contribution is -0.118. The highest BCUT2D eigenvalue weighted by atomic mass is 35.5. The van der Waals surface area contributed by atoms with Gasteiger partial charge >= 0.3 is 0 Å². The number of rotatable bonds is 5. The Bertz CT molecular complexity index is 1010. The summed E-state index contributed by atoms with van der Waals surface area (Å²) in [5.41, 5.74) is 0.951. The standard InChI is InChI=1S/C19H14Cl2N2O3/c1-11(24)15-4-5-16(19(21)18(15)20)26-10-17(25)23-14-3-2-13-9-22-7-6-12(13)8-14/h2-9H,10H2,1H3,(H,23,25). The van der Waals surface area contributed by atoms with Gasteiger partial charge in [-0.3, -0.25) is 14.6 Å². The molecule has 1 aromatic heterocycles. The Labute approximate surface area is 159 Å². The van der Waals surface area contributed by atoms with E-state index in [1.54, 1.807) is 18.5 Å². The van der Waals surface area contributed by atoms with Crippen molar-refractivity contribution in [3.8, 4) is 5.75 Å². The lowest BCUT2D eigenvalue weighted by atomic mass is 10.1. The van der Waals surface area contributed by atoms with Crippen molar-refractivity contribution in [1.82, 2.24) is 4.98 Å². The van der Waals surface area contributed by atoms with Crippen LogP contribution in [0.25, 0.3) is 10.8 Å². The Morgan fingerprint density at radius 2 is 1.88 bits per heavy atom. The SMILES string of the molecule is CC(=O)c1ccc(OCC(=O)Nc2ccc3cnccc3c2)c(Cl)c1Cl. The summed E-state index contributed by atoms with van der Waals surface area (Å²) in [6, 6.07) is 10.4. The number of carbonyl (C=O) groups excluding carboxylic acids is 2. The molecular formula is C19H14Cl2N2O3. The van der Waals surface area contributed by atoms with Crippen LogP contribution in [0.2, 0.25) is 10.0 Å². The third-order valence-corrected chi connectivity index (χ3v) is 4.57. The van der Waals surface area contributed by atoms with Crippen molar-refractivity contribution >= 4 is 51.4 Å². The predicted molar refractivity (Wildman–Crippen MR) is 102 cm³/mol. The van der Waals surface area contributed by atoms with Gasteiger partial charge in [-0.1, -0.05) is 29.3 Å². The Morgan fingerprint density at radius 1 is 1.08 bits per heavy atom. The van der Waals surface area contributed by atoms with Crippen LogP contribution in [0, 0.1) is 0 Å². The highest BCUT2D eigenvalue weighted by molar-refractivity contribution is 6.44. The Morgan fingerprint density at radius 3 is 2.65 bits per heavy atom. The average molecular weight is 389 g/mol. The van der Waals surface area contributed by atoms with Crippen molar-refractivity contribution < 1.29 is 14.3 Å². The molecule has 132 valence electrons. The molecule has 1 amide bonds. The molecule has 7 heteroatoms. The van der Waals surface area contributed by atoms with Crippen molar-refractivity contribution in [2.24, 2.45) is 0 Å². The minimum Gasteiger partial charge on any atom is -0.482 e. The minimum atomic E-state index is -0.346. The first-order valence-electron chi connectivity index (χ1n) is 7.71. The third kappa shape index (κ3) is 3.95. The second-order valence-corrected chi connectivity index (χ2v) is 6.33. The summed E-state index contributed by atoms with van der Waals surface area (Å²) in [5, 5.41) is 4.91. The number of carbonyl (C=O) groups is 2. The number of amides is 1. The van der Waals surface area contributed by atoms with Gasteiger partial charge in [0.25, 0.3) is 5.91 Å². The molecule has 5 nitrogen and oxygen atoms in total. The smallest absolute Gasteiger partial charge is 0.262 e. The van der Waals surface area contributed by atoms with E-state index < -0.39 is 0 Å². The number of pyridine rings is 1. The van der Waals surface area contributed by atoms with Crippen LogP contribution >= 0.6 is 23.2 Å². The number of nitrogens with zero attached hydrogens (tertiary/aromatic N) is 1. The topological polar surface area (TPSA) is 68.3 Å². The van der Waals surface area contributed by atoms with Gasteiger partial charge in [0.05, 0.1) is 5.02 Å². The zero-order valence-corrected chi connectivity index (χ0v) is 15.3. The summed E-state index contributed by atoms with van der Waals surface area (Å²) in [5.74, 6) is -0.310. The van der Waals surface area contributed by atoms with Gasteiger partial charge in [0.15, 0.2) is 12.4 Å². The van der Waals surface area contributed by atoms with E-state index in [9.17, 15) is 9.59 Å². The first kappa shape index (κ1) is 18.2. The maximum absolute atomic E-state index is 12.1. The monoisotopic (exact) mass is 388 g/mol. The van der Waals surface area contributed by atoms with E-state index in [4.69, 9.17) is 27.9 Å². The van der Waals surface area contributed by atoms with E-state index in [2.05, 4.69) is 10.3 Å². The molecule has 0 aliphatic carbocycles. The quantitative estimate of drug-likeness (QED) is 0.639. The molecular weight excluding hydrogens is 375 g/mol. The van der Waals surface area contributed by atoms with Crippen LogP contribution in [-0.4, -0.2) is 23.3 Å². The van der Waals surface area contributed by atoms with E-state index in [-0.39, 0.29) is 34.1 Å². The number of ketones is 1. The number of nitrogens with one attached hydrogen (secondary N) is 1. The highest BCUT2D eigenvalue weighted by Crippen LogP contribution is 2.34. The molecule has 0 saturated heterocycles. The molecule has 0 radical (unpaired) electrons. The van der Waals surface area contributed by atoms with Crippen molar-refractivity contribution in [1.29, 1.82) is 0 Å². The molecule has 0 unspecified atom stereocenters. The number of Topliss-reactive ketones (excluding diaryl/α,β-unsaturated/α-hetero) is 1. The Kier molecular flexibility index (Phi) is 5.40. The van der Waals surface area contributed by atoms with Gasteiger partial charge in [-0.15, -0.1) is 0 Å². The molecule has 1 N–H and O–H groups in total. The molecule has 3 aromatic rings. The number of benzene rings is 2. The van der Waals surface area contributed by atoms with Crippen molar-refractivity contribution in [2.75, 3.05) is 11.9 Å². The number of fused-ring (bicyclic) bond motifs is 1. The van der Waals surface area contributed by atoms with Gasteiger partial charge in [0.1, 0.15) is 10.8 Å². The lowest BCUT2D eigenvalue weighted by Crippen LogP contribution is -2.20. The summed E-state index contributed by atoms with van der Waals surface area (Å²) in [6.45, 7) is 1.15. The predicted octanol–water partition coefficient (Wildman–Crippen LogP) is 4.76. The average Bonchev–Trinajstić information content (AvgIpc) is 2.62. The van der Waals surface area contributed by atoms with Crippen LogP contribution in [0.15, 0.2) is 48.8 Å². The van der Waals surface area contributed by atoms with Crippen molar-refractivity contribution in [3.05, 3.63) is 64.4 Å². The van der Waals surface area contributed by atoms with Crippen LogP contribution in [0.5, 0.6) is 5.75 Å². The summed E-state index contributed by atoms with van der Waals surface area (Å²) in [7, 11) is 0. The highest BCUT2D eigenvalue weighted by Gasteiger charge is 2.15. The third-order valence-electron chi connectivity index (χ3n) is 3.71. The van der Waals surface area contributed by atoms with Crippen molar-refractivity contribution in [3.63, 3.8) is 0 Å². The zero-order valence-electron chi connectivity index (χ0n) is 13.8. The minimum absolute atomic E-state index is 0.102. The van der Waals surface area contributed by atoms with E-state index in [1.165, 1.54) is 19.1 Å². The van der Waals surface area contributed by atoms with E-state index in [0.29, 0.717) is 11.3 Å². The number of ether oxygens (including phenoxy) is 1. The summed E-state index contributed by atoms with van der Waals surface area (Å²) < 4.78 is 5.42. The second-order valence-electron chi connectivity index (χ2n) is 5.57. The molecule has 26 heavy (non-hydrogen) atoms. The van der Waals surface area contributed by atoms with E-state index >= 15 is 0 Å². The molecule has 1 heterocycles.